The van der Waals surface area contributed by atoms with Crippen LogP contribution in [0.1, 0.15) is 54.8 Å². The summed E-state index contributed by atoms with van der Waals surface area (Å²) in [6, 6.07) is 13.1. The highest BCUT2D eigenvalue weighted by Crippen LogP contribution is 2.40. The number of fused-ring (bicyclic) bond motifs is 2. The Hall–Kier alpha value is -2.38. The van der Waals surface area contributed by atoms with E-state index >= 15 is 0 Å². The number of unbranched alkanes of at least 4 members (excludes halogenated alkanes) is 3. The lowest BCUT2D eigenvalue weighted by Gasteiger charge is -2.22. The molecule has 0 saturated heterocycles. The quantitative estimate of drug-likeness (QED) is 0.507. The highest BCUT2D eigenvalue weighted by atomic mass is 32.2. The van der Waals surface area contributed by atoms with Gasteiger partial charge in [-0.25, -0.2) is 8.42 Å². The van der Waals surface area contributed by atoms with Crippen LogP contribution in [0.4, 0.5) is 5.69 Å². The Morgan fingerprint density at radius 1 is 1.07 bits per heavy atom. The number of hydrogen-bond acceptors (Lipinski definition) is 5. The smallest absolute Gasteiger partial charge is 0.305 e. The Morgan fingerprint density at radius 2 is 1.80 bits per heavy atom. The van der Waals surface area contributed by atoms with Crippen molar-refractivity contribution >= 4 is 21.7 Å². The van der Waals surface area contributed by atoms with E-state index in [-0.39, 0.29) is 12.0 Å². The zero-order valence-corrected chi connectivity index (χ0v) is 18.7. The summed E-state index contributed by atoms with van der Waals surface area (Å²) in [5.41, 5.74) is 3.35. The molecule has 1 aliphatic rings. The molecule has 3 rings (SSSR count). The van der Waals surface area contributed by atoms with Crippen molar-refractivity contribution < 1.29 is 17.9 Å². The maximum atomic E-state index is 13.3. The van der Waals surface area contributed by atoms with Gasteiger partial charge in [-0.05, 0) is 55.1 Å². The molecule has 2 aromatic carbocycles. The number of para-hydroxylation sites is 1. The van der Waals surface area contributed by atoms with Crippen molar-refractivity contribution in [1.29, 1.82) is 0 Å². The van der Waals surface area contributed by atoms with Gasteiger partial charge >= 0.3 is 5.97 Å². The van der Waals surface area contributed by atoms with Gasteiger partial charge in [-0.15, -0.1) is 0 Å². The molecule has 1 aliphatic heterocycles. The van der Waals surface area contributed by atoms with Crippen molar-refractivity contribution in [3.05, 3.63) is 59.2 Å². The van der Waals surface area contributed by atoms with E-state index in [1.54, 1.807) is 13.1 Å². The third kappa shape index (κ3) is 4.68. The van der Waals surface area contributed by atoms with Gasteiger partial charge in [0.25, 0.3) is 10.0 Å². The highest BCUT2D eigenvalue weighted by Gasteiger charge is 2.34. The fourth-order valence-electron chi connectivity index (χ4n) is 3.88. The largest absolute Gasteiger partial charge is 0.469 e. The highest BCUT2D eigenvalue weighted by molar-refractivity contribution is 7.92. The number of nitrogens with one attached hydrogen (secondary N) is 1. The minimum atomic E-state index is -3.63. The number of esters is 1. The summed E-state index contributed by atoms with van der Waals surface area (Å²) in [7, 11) is -0.604. The van der Waals surface area contributed by atoms with E-state index < -0.39 is 10.0 Å². The molecule has 1 unspecified atom stereocenters. The maximum absolute atomic E-state index is 13.3. The van der Waals surface area contributed by atoms with E-state index in [2.05, 4.69) is 10.1 Å². The molecule has 0 aromatic heterocycles. The van der Waals surface area contributed by atoms with Crippen molar-refractivity contribution in [3.8, 4) is 0 Å². The number of benzene rings is 2. The van der Waals surface area contributed by atoms with Gasteiger partial charge in [-0.1, -0.05) is 43.2 Å². The molecule has 0 spiro atoms. The molecular weight excluding hydrogens is 400 g/mol. The normalized spacial score (nSPS) is 17.0. The number of aryl methyl sites for hydroxylation is 1. The molecule has 1 atom stereocenters. The minimum Gasteiger partial charge on any atom is -0.469 e. The lowest BCUT2D eigenvalue weighted by molar-refractivity contribution is -0.140. The molecule has 0 bridgehead atoms. The van der Waals surface area contributed by atoms with Crippen LogP contribution in [-0.2, 0) is 19.6 Å². The van der Waals surface area contributed by atoms with E-state index in [0.717, 1.165) is 48.9 Å². The first-order valence-corrected chi connectivity index (χ1v) is 11.8. The summed E-state index contributed by atoms with van der Waals surface area (Å²) in [6.45, 7) is 2.67. The fourth-order valence-corrected chi connectivity index (χ4v) is 5.42. The molecule has 0 radical (unpaired) electrons. The van der Waals surface area contributed by atoms with Crippen molar-refractivity contribution in [2.24, 2.45) is 0 Å². The second-order valence-corrected chi connectivity index (χ2v) is 9.64. The SMILES string of the molecule is COC(=O)CCCCCCNC1c2ccccc2N(C)S(=O)(=O)c2cc(C)ccc21. The first-order chi connectivity index (χ1) is 14.4. The van der Waals surface area contributed by atoms with Gasteiger partial charge in [-0.3, -0.25) is 9.10 Å². The van der Waals surface area contributed by atoms with Gasteiger partial charge in [-0.2, -0.15) is 0 Å². The van der Waals surface area contributed by atoms with Crippen LogP contribution in [0.3, 0.4) is 0 Å². The third-order valence-electron chi connectivity index (χ3n) is 5.59. The van der Waals surface area contributed by atoms with Gasteiger partial charge in [0.1, 0.15) is 0 Å². The number of carbonyl (C=O) groups excluding carboxylic acids is 1. The Labute approximate surface area is 179 Å². The van der Waals surface area contributed by atoms with E-state index in [1.165, 1.54) is 11.4 Å². The summed E-state index contributed by atoms with van der Waals surface area (Å²) in [6.07, 6.45) is 4.19. The van der Waals surface area contributed by atoms with E-state index in [9.17, 15) is 13.2 Å². The molecule has 0 saturated carbocycles. The summed E-state index contributed by atoms with van der Waals surface area (Å²) < 4.78 is 32.6. The lowest BCUT2D eigenvalue weighted by atomic mass is 9.96. The van der Waals surface area contributed by atoms with E-state index in [0.29, 0.717) is 17.0 Å². The molecule has 162 valence electrons. The van der Waals surface area contributed by atoms with Crippen LogP contribution in [0.2, 0.25) is 0 Å². The lowest BCUT2D eigenvalue weighted by Crippen LogP contribution is -2.26. The number of carbonyl (C=O) groups is 1. The Balaban J connectivity index is 1.79. The topological polar surface area (TPSA) is 75.7 Å². The zero-order chi connectivity index (χ0) is 21.7. The van der Waals surface area contributed by atoms with Crippen LogP contribution >= 0.6 is 0 Å². The molecule has 1 heterocycles. The summed E-state index contributed by atoms with van der Waals surface area (Å²) in [4.78, 5) is 11.5. The van der Waals surface area contributed by atoms with Gasteiger partial charge in [0.15, 0.2) is 0 Å². The van der Waals surface area contributed by atoms with Gasteiger partial charge in [0, 0.05) is 13.5 Å². The molecule has 6 nitrogen and oxygen atoms in total. The third-order valence-corrected chi connectivity index (χ3v) is 7.42. The molecule has 0 aliphatic carbocycles. The zero-order valence-electron chi connectivity index (χ0n) is 17.8. The predicted molar refractivity (Wildman–Crippen MR) is 118 cm³/mol. The van der Waals surface area contributed by atoms with Crippen molar-refractivity contribution in [2.75, 3.05) is 25.0 Å². The molecule has 30 heavy (non-hydrogen) atoms. The van der Waals surface area contributed by atoms with Crippen molar-refractivity contribution in [2.45, 2.75) is 50.0 Å². The van der Waals surface area contributed by atoms with Gasteiger partial charge in [0.2, 0.25) is 0 Å². The van der Waals surface area contributed by atoms with Crippen LogP contribution in [0.5, 0.6) is 0 Å². The fraction of sp³-hybridized carbons (Fsp3) is 0.435. The number of nitrogens with zero attached hydrogens (tertiary/aromatic N) is 1. The average molecular weight is 431 g/mol. The molecule has 2 aromatic rings. The second-order valence-electron chi connectivity index (χ2n) is 7.70. The van der Waals surface area contributed by atoms with Crippen LogP contribution < -0.4 is 9.62 Å². The summed E-state index contributed by atoms with van der Waals surface area (Å²) >= 11 is 0. The molecule has 0 fully saturated rings. The number of rotatable bonds is 8. The molecular formula is C23H30N2O4S. The average Bonchev–Trinajstić information content (AvgIpc) is 2.81. The molecule has 7 heteroatoms. The standard InChI is InChI=1S/C23H30N2O4S/c1-17-13-14-19-21(16-17)30(27,28)25(2)20-11-8-7-10-18(20)23(19)24-15-9-5-4-6-12-22(26)29-3/h7-8,10-11,13-14,16,23-24H,4-6,9,12,15H2,1-3H3. The first-order valence-electron chi connectivity index (χ1n) is 10.3. The van der Waals surface area contributed by atoms with Gasteiger partial charge < -0.3 is 10.1 Å². The van der Waals surface area contributed by atoms with Crippen LogP contribution in [0.15, 0.2) is 47.4 Å². The summed E-state index contributed by atoms with van der Waals surface area (Å²) in [5.74, 6) is -0.166. The first kappa shape index (κ1) is 22.3. The van der Waals surface area contributed by atoms with Crippen molar-refractivity contribution in [3.63, 3.8) is 0 Å². The van der Waals surface area contributed by atoms with Gasteiger partial charge in [0.05, 0.1) is 23.7 Å². The summed E-state index contributed by atoms with van der Waals surface area (Å²) in [5, 5.41) is 3.58. The number of hydrogen-bond donors (Lipinski definition) is 1. The number of methoxy groups -OCH3 is 1. The van der Waals surface area contributed by atoms with Crippen LogP contribution in [0, 0.1) is 6.92 Å². The second kappa shape index (κ2) is 9.62. The molecule has 1 N–H and O–H groups in total. The number of anilines is 1. The Morgan fingerprint density at radius 3 is 2.57 bits per heavy atom. The Bertz CT molecular complexity index is 1000. The predicted octanol–water partition coefficient (Wildman–Crippen LogP) is 3.94. The Kier molecular flexibility index (Phi) is 7.15. The molecule has 0 amide bonds. The van der Waals surface area contributed by atoms with Crippen LogP contribution in [0.25, 0.3) is 0 Å². The van der Waals surface area contributed by atoms with Crippen molar-refractivity contribution in [1.82, 2.24) is 5.32 Å². The van der Waals surface area contributed by atoms with E-state index in [1.807, 2.05) is 43.3 Å². The number of sulfonamides is 1. The van der Waals surface area contributed by atoms with Crippen LogP contribution in [-0.4, -0.2) is 35.1 Å². The van der Waals surface area contributed by atoms with E-state index in [4.69, 9.17) is 0 Å². The monoisotopic (exact) mass is 430 g/mol. The minimum absolute atomic E-state index is 0.166. The number of ether oxygens (including phenoxy) is 1. The maximum Gasteiger partial charge on any atom is 0.305 e.